The molecular formula is C105H123N15O20. The Kier molecular flexibility index (Phi) is 29.3. The first-order chi connectivity index (χ1) is 67.4. The summed E-state index contributed by atoms with van der Waals surface area (Å²) in [5.41, 5.74) is 14.1. The number of anilines is 5. The normalized spacial score (nSPS) is 18.9. The minimum atomic E-state index is -1.42. The van der Waals surface area contributed by atoms with Crippen LogP contribution in [-0.4, -0.2) is 266 Å². The number of nitrogens with one attached hydrogen (secondary N) is 8. The lowest BCUT2D eigenvalue weighted by molar-refractivity contribution is 0.0680. The van der Waals surface area contributed by atoms with Crippen LogP contribution in [0.4, 0.5) is 28.4 Å². The van der Waals surface area contributed by atoms with Crippen LogP contribution in [0.15, 0.2) is 115 Å². The number of hydrogen-bond acceptors (Lipinski definition) is 25. The number of nitrogens with zero attached hydrogens (tertiary/aromatic N) is 7. The average molecular weight is 1920 g/mol. The van der Waals surface area contributed by atoms with Crippen LogP contribution in [0.5, 0.6) is 28.7 Å². The van der Waals surface area contributed by atoms with E-state index in [1.54, 1.807) is 0 Å². The fourth-order valence-electron chi connectivity index (χ4n) is 22.5. The van der Waals surface area contributed by atoms with Crippen LogP contribution >= 0.6 is 0 Å². The molecule has 140 heavy (non-hydrogen) atoms. The summed E-state index contributed by atoms with van der Waals surface area (Å²) in [4.78, 5) is 148. The van der Waals surface area contributed by atoms with Crippen LogP contribution in [-0.2, 0) is 64.2 Å². The van der Waals surface area contributed by atoms with Crippen LogP contribution < -0.4 is 63.3 Å². The minimum Gasteiger partial charge on any atom is -0.506 e. The summed E-state index contributed by atoms with van der Waals surface area (Å²) in [7, 11) is 8.40. The van der Waals surface area contributed by atoms with Crippen LogP contribution in [0.3, 0.4) is 0 Å². The predicted octanol–water partition coefficient (Wildman–Crippen LogP) is 10.3. The molecule has 18 N–H and O–H groups in total. The first kappa shape index (κ1) is 97.6. The number of aromatic amines is 5. The fraction of sp³-hybridized carbons (Fsp3) is 0.429. The summed E-state index contributed by atoms with van der Waals surface area (Å²) in [6.07, 6.45) is 17.9. The highest BCUT2D eigenvalue weighted by molar-refractivity contribution is 5.96. The zero-order chi connectivity index (χ0) is 98.8. The second-order valence-corrected chi connectivity index (χ2v) is 38.9. The second kappa shape index (κ2) is 42.0. The van der Waals surface area contributed by atoms with Gasteiger partial charge in [0, 0.05) is 175 Å². The number of piperidine rings is 2. The van der Waals surface area contributed by atoms with E-state index in [1.807, 2.05) is 56.6 Å². The molecule has 0 bridgehead atoms. The molecular weight excluding hydrogens is 1790 g/mol. The average Bonchev–Trinajstić information content (AvgIpc) is 1.47. The maximum Gasteiger partial charge on any atom is 0.345 e. The summed E-state index contributed by atoms with van der Waals surface area (Å²) in [5.74, 6) is -7.67. The topological polar surface area (TPSA) is 511 Å². The zero-order valence-corrected chi connectivity index (χ0v) is 79.3. The first-order valence-electron chi connectivity index (χ1n) is 48.8. The van der Waals surface area contributed by atoms with E-state index in [2.05, 4.69) is 138 Å². The first-order valence-corrected chi connectivity index (χ1v) is 48.8. The van der Waals surface area contributed by atoms with Crippen LogP contribution in [0.1, 0.15) is 178 Å². The molecule has 10 aromatic rings. The molecule has 35 heteroatoms. The molecule has 6 aliphatic heterocycles. The molecule has 6 fully saturated rings. The third-order valence-electron chi connectivity index (χ3n) is 29.8. The fourth-order valence-corrected chi connectivity index (χ4v) is 22.5. The van der Waals surface area contributed by atoms with Gasteiger partial charge in [-0.15, -0.1) is 0 Å². The number of hydrogen-bond donors (Lipinski definition) is 18. The number of aryl methyl sites for hydroxylation is 5. The molecule has 6 saturated heterocycles. The van der Waals surface area contributed by atoms with E-state index in [-0.39, 0.29) is 0 Å². The van der Waals surface area contributed by atoms with Gasteiger partial charge in [-0.25, -0.2) is 24.0 Å². The van der Waals surface area contributed by atoms with Crippen molar-refractivity contribution in [2.45, 2.75) is 147 Å². The SMILES string of the molecule is CN(C)CCNc1ccc2c(c1)CCCc1c-2[nH]c(=O)c(C(=O)O)c1O.CN1CCCN(c2ccc3c(c2)CCCc2c-3[nH]c(=O)c(C(=O)O)c2O)CC1.CN1CCC[C@@H]2CN(c3ccc4c(c3)CCCc3c-4[nH]c(=O)c(C(=O)O)c3O)C[C@@H]21.O=C(O)c1c(O)c2c([nH]c1=O)-c1ccc(N3CCCNCC3)cc1CCC2.O=C(O)c1c(O)c2c([nH]c1=O)-c1ccc(N3C[C@H]4CCCN[C@H]4C3)cc1CCC2. The van der Waals surface area contributed by atoms with E-state index in [1.165, 1.54) is 49.3 Å². The number of carboxylic acids is 5. The Labute approximate surface area is 807 Å². The van der Waals surface area contributed by atoms with Crippen molar-refractivity contribution in [1.82, 2.24) is 50.3 Å². The number of rotatable bonds is 13. The molecule has 4 atom stereocenters. The van der Waals surface area contributed by atoms with E-state index < -0.39 is 114 Å². The second-order valence-electron chi connectivity index (χ2n) is 38.9. The lowest BCUT2D eigenvalue weighted by Gasteiger charge is -2.33. The number of carbonyl (C=O) groups is 5. The van der Waals surface area contributed by atoms with Gasteiger partial charge in [-0.3, -0.25) is 24.0 Å². The highest BCUT2D eigenvalue weighted by atomic mass is 16.4. The molecule has 11 aliphatic rings. The maximum atomic E-state index is 12.3. The van der Waals surface area contributed by atoms with Crippen molar-refractivity contribution in [3.05, 3.63) is 226 Å². The van der Waals surface area contributed by atoms with Crippen molar-refractivity contribution in [3.63, 3.8) is 0 Å². The van der Waals surface area contributed by atoms with Gasteiger partial charge >= 0.3 is 29.8 Å². The van der Waals surface area contributed by atoms with Gasteiger partial charge < -0.3 is 126 Å². The Morgan fingerprint density at radius 3 is 1.10 bits per heavy atom. The Bertz CT molecular complexity index is 6790. The van der Waals surface area contributed by atoms with E-state index in [4.69, 9.17) is 0 Å². The van der Waals surface area contributed by atoms with Crippen molar-refractivity contribution >= 4 is 58.3 Å². The van der Waals surface area contributed by atoms with Crippen molar-refractivity contribution < 1.29 is 75.0 Å². The van der Waals surface area contributed by atoms with Crippen molar-refractivity contribution in [3.8, 4) is 85.0 Å². The Balaban J connectivity index is 0.000000121. The van der Waals surface area contributed by atoms with Gasteiger partial charge in [0.15, 0.2) is 27.8 Å². The Hall–Kier alpha value is -14.0. The van der Waals surface area contributed by atoms with Crippen LogP contribution in [0, 0.1) is 11.8 Å². The largest absolute Gasteiger partial charge is 0.506 e. The van der Waals surface area contributed by atoms with Crippen molar-refractivity contribution in [2.75, 3.05) is 158 Å². The number of pyridine rings is 5. The molecule has 738 valence electrons. The van der Waals surface area contributed by atoms with Gasteiger partial charge in [0.25, 0.3) is 27.8 Å². The number of likely N-dealkylation sites (tertiary alicyclic amines) is 1. The lowest BCUT2D eigenvalue weighted by Crippen LogP contribution is -2.42. The molecule has 5 aromatic carbocycles. The Morgan fingerprint density at radius 1 is 0.357 bits per heavy atom. The van der Waals surface area contributed by atoms with E-state index in [0.717, 1.165) is 242 Å². The predicted molar refractivity (Wildman–Crippen MR) is 535 cm³/mol. The van der Waals surface area contributed by atoms with Crippen LogP contribution in [0.2, 0.25) is 0 Å². The number of likely N-dealkylation sites (N-methyl/N-ethyl adjacent to an activating group) is 3. The third-order valence-corrected chi connectivity index (χ3v) is 29.8. The molecule has 11 heterocycles. The number of aromatic carboxylic acids is 5. The number of benzene rings is 5. The highest BCUT2D eigenvalue weighted by Gasteiger charge is 2.40. The van der Waals surface area contributed by atoms with Gasteiger partial charge in [-0.1, -0.05) is 30.3 Å². The highest BCUT2D eigenvalue weighted by Crippen LogP contribution is 2.46. The minimum absolute atomic E-state index is 0.398. The van der Waals surface area contributed by atoms with Gasteiger partial charge in [0.1, 0.15) is 28.7 Å². The van der Waals surface area contributed by atoms with Gasteiger partial charge in [0.05, 0.1) is 28.5 Å². The van der Waals surface area contributed by atoms with Crippen molar-refractivity contribution in [1.29, 1.82) is 0 Å². The summed E-state index contributed by atoms with van der Waals surface area (Å²) < 4.78 is 0. The number of fused-ring (bicyclic) bond motifs is 17. The molecule has 35 nitrogen and oxygen atoms in total. The molecule has 0 unspecified atom stereocenters. The third kappa shape index (κ3) is 20.3. The van der Waals surface area contributed by atoms with Gasteiger partial charge in [-0.2, -0.15) is 0 Å². The standard InChI is InChI=1S/C23H27N3O4.C22H25N3O4.C21H25N3O4.C20H23N3O4.C19H23N3O4/c1-25-9-3-5-14-11-26(12-18(14)25)15-7-8-16-13(10-15)4-2-6-17-20(16)24-22(28)19(21(17)27)23(29)30;26-20-16-5-1-3-12-9-14(25-10-13-4-2-8-23-17(13)11-25)6-7-15(12)19(16)24-21(27)18(20)22(28)29;1-23-8-3-9-24(11-10-23)14-6-7-15-13(12-14)4-2-5-16-18(15)22-20(26)17(19(16)25)21(27)28;24-18-15-4-1-3-12-11-13(23-9-2-7-21-8-10-23)5-6-14(12)17(15)22-19(25)16(18)20(26)27;1-22(2)9-8-20-12-6-7-13-11(10-12)4-3-5-14-16(13)21-18(24)15(17(14)23)19(25)26/h7-8,10,14,18H,2-6,9,11-12H2,1H3,(H,29,30)(H2,24,27,28);6-7,9,13,17,23H,1-5,8,10-11H2,(H,28,29)(H2,24,26,27);6-7,12H,2-5,8-11H2,1H3,(H,27,28)(H2,22,25,26);5-6,11,21H,1-4,7-10H2,(H,26,27)(H2,22,24,25);6-7,10,20H,3-5,8-9H2,1-2H3,(H,25,26)(H2,21,23,24)/t14-,18+;13-,17+;;;/m11.../s1. The summed E-state index contributed by atoms with van der Waals surface area (Å²) >= 11 is 0. The summed E-state index contributed by atoms with van der Waals surface area (Å²) in [5, 5.41) is 109. The molecule has 21 rings (SSSR count). The molecule has 5 aromatic heterocycles. The quantitative estimate of drug-likeness (QED) is 0.0510. The number of H-pyrrole nitrogens is 5. The van der Waals surface area contributed by atoms with Gasteiger partial charge in [0.2, 0.25) is 0 Å². The van der Waals surface area contributed by atoms with Gasteiger partial charge in [-0.05, 0) is 290 Å². The smallest absolute Gasteiger partial charge is 0.345 e. The molecule has 0 radical (unpaired) electrons. The lowest BCUT2D eigenvalue weighted by atomic mass is 9.93. The summed E-state index contributed by atoms with van der Waals surface area (Å²) in [6, 6.07) is 32.1. The van der Waals surface area contributed by atoms with E-state index in [9.17, 15) is 99.0 Å². The van der Waals surface area contributed by atoms with Crippen molar-refractivity contribution in [2.24, 2.45) is 11.8 Å². The molecule has 5 aliphatic carbocycles. The number of aromatic nitrogens is 5. The molecule has 0 spiro atoms. The maximum absolute atomic E-state index is 12.3. The zero-order valence-electron chi connectivity index (χ0n) is 79.3. The van der Waals surface area contributed by atoms with Crippen LogP contribution in [0.25, 0.3) is 56.3 Å². The molecule has 0 saturated carbocycles. The summed E-state index contributed by atoms with van der Waals surface area (Å²) in [6.45, 7) is 16.3. The monoisotopic (exact) mass is 1910 g/mol. The number of aromatic hydroxyl groups is 5. The number of carboxylic acid groups (broad SMARTS) is 5. The Morgan fingerprint density at radius 2 is 0.714 bits per heavy atom. The van der Waals surface area contributed by atoms with E-state index >= 15 is 0 Å². The van der Waals surface area contributed by atoms with E-state index in [0.29, 0.717) is 112 Å². The molecule has 0 amide bonds.